The molecule has 3 nitrogen and oxygen atoms in total. The fraction of sp³-hybridized carbons (Fsp3) is 0.154. The van der Waals surface area contributed by atoms with Crippen molar-refractivity contribution in [2.75, 3.05) is 11.9 Å². The van der Waals surface area contributed by atoms with Crippen LogP contribution >= 0.6 is 11.6 Å². The Kier molecular flexibility index (Phi) is 3.99. The van der Waals surface area contributed by atoms with Gasteiger partial charge in [-0.2, -0.15) is 0 Å². The molecule has 0 saturated carbocycles. The largest absolute Gasteiger partial charge is 0.381 e. The lowest BCUT2D eigenvalue weighted by Gasteiger charge is -2.09. The number of benzene rings is 1. The van der Waals surface area contributed by atoms with Crippen molar-refractivity contribution in [2.24, 2.45) is 0 Å². The molecule has 2 rings (SSSR count). The fourth-order valence-corrected chi connectivity index (χ4v) is 1.75. The summed E-state index contributed by atoms with van der Waals surface area (Å²) in [6, 6.07) is 9.39. The zero-order chi connectivity index (χ0) is 13.0. The number of nitrogens with one attached hydrogen (secondary N) is 1. The van der Waals surface area contributed by atoms with Gasteiger partial charge in [0.2, 0.25) is 0 Å². The van der Waals surface area contributed by atoms with Crippen molar-refractivity contribution < 1.29 is 4.39 Å². The lowest BCUT2D eigenvalue weighted by molar-refractivity contribution is 0.627. The molecule has 0 spiro atoms. The molecule has 0 saturated heterocycles. The minimum Gasteiger partial charge on any atom is -0.381 e. The smallest absolute Gasteiger partial charge is 0.250 e. The maximum absolute atomic E-state index is 13.4. The number of hydrogen-bond acceptors (Lipinski definition) is 2. The predicted octanol–water partition coefficient (Wildman–Crippen LogP) is 2.75. The Morgan fingerprint density at radius 2 is 2.11 bits per heavy atom. The van der Waals surface area contributed by atoms with Gasteiger partial charge in [-0.25, -0.2) is 4.39 Å². The van der Waals surface area contributed by atoms with Crippen molar-refractivity contribution in [3.63, 3.8) is 0 Å². The maximum atomic E-state index is 13.4. The third-order valence-corrected chi connectivity index (χ3v) is 2.73. The van der Waals surface area contributed by atoms with Gasteiger partial charge in [0.05, 0.1) is 5.69 Å². The van der Waals surface area contributed by atoms with Crippen molar-refractivity contribution in [1.82, 2.24) is 4.57 Å². The van der Waals surface area contributed by atoms with E-state index in [0.29, 0.717) is 23.8 Å². The SMILES string of the molecule is O=c1ccccn1CCNc1ccc(Cl)cc1F. The first-order valence-electron chi connectivity index (χ1n) is 5.51. The lowest BCUT2D eigenvalue weighted by atomic mass is 10.3. The highest BCUT2D eigenvalue weighted by Crippen LogP contribution is 2.18. The summed E-state index contributed by atoms with van der Waals surface area (Å²) < 4.78 is 15.0. The highest BCUT2D eigenvalue weighted by atomic mass is 35.5. The number of nitrogens with zero attached hydrogens (tertiary/aromatic N) is 1. The van der Waals surface area contributed by atoms with Crippen LogP contribution in [0.4, 0.5) is 10.1 Å². The first-order chi connectivity index (χ1) is 8.66. The molecule has 94 valence electrons. The first kappa shape index (κ1) is 12.6. The standard InChI is InChI=1S/C13H12ClFN2O/c14-10-4-5-12(11(15)9-10)16-6-8-17-7-2-1-3-13(17)18/h1-5,7,9,16H,6,8H2. The highest BCUT2D eigenvalue weighted by molar-refractivity contribution is 6.30. The topological polar surface area (TPSA) is 34.0 Å². The molecule has 0 amide bonds. The third kappa shape index (κ3) is 3.11. The Bertz CT molecular complexity index is 598. The van der Waals surface area contributed by atoms with E-state index in [1.165, 1.54) is 12.1 Å². The molecule has 18 heavy (non-hydrogen) atoms. The zero-order valence-corrected chi connectivity index (χ0v) is 10.3. The predicted molar refractivity (Wildman–Crippen MR) is 70.6 cm³/mol. The third-order valence-electron chi connectivity index (χ3n) is 2.50. The molecule has 0 radical (unpaired) electrons. The maximum Gasteiger partial charge on any atom is 0.250 e. The summed E-state index contributed by atoms with van der Waals surface area (Å²) in [4.78, 5) is 11.4. The number of hydrogen-bond donors (Lipinski definition) is 1. The Balaban J connectivity index is 1.97. The average molecular weight is 267 g/mol. The van der Waals surface area contributed by atoms with Crippen LogP contribution in [0, 0.1) is 5.82 Å². The van der Waals surface area contributed by atoms with E-state index < -0.39 is 5.82 Å². The molecule has 0 atom stereocenters. The van der Waals surface area contributed by atoms with Crippen LogP contribution in [0.15, 0.2) is 47.4 Å². The Morgan fingerprint density at radius 3 is 2.83 bits per heavy atom. The normalized spacial score (nSPS) is 10.3. The molecule has 2 aromatic rings. The van der Waals surface area contributed by atoms with E-state index >= 15 is 0 Å². The van der Waals surface area contributed by atoms with Crippen LogP contribution in [0.2, 0.25) is 5.02 Å². The Labute approximate surface area is 109 Å². The van der Waals surface area contributed by atoms with Crippen LogP contribution in [-0.4, -0.2) is 11.1 Å². The number of halogens is 2. The van der Waals surface area contributed by atoms with Gasteiger partial charge in [0.25, 0.3) is 5.56 Å². The van der Waals surface area contributed by atoms with Gasteiger partial charge in [-0.05, 0) is 24.3 Å². The number of aromatic nitrogens is 1. The van der Waals surface area contributed by atoms with Gasteiger partial charge in [-0.1, -0.05) is 17.7 Å². The molecular formula is C13H12ClFN2O. The Morgan fingerprint density at radius 1 is 1.28 bits per heavy atom. The van der Waals surface area contributed by atoms with Crippen LogP contribution in [0.5, 0.6) is 0 Å². The van der Waals surface area contributed by atoms with Gasteiger partial charge in [-0.3, -0.25) is 4.79 Å². The Hall–Kier alpha value is -1.81. The molecule has 0 bridgehead atoms. The lowest BCUT2D eigenvalue weighted by Crippen LogP contribution is -2.22. The molecule has 1 heterocycles. The van der Waals surface area contributed by atoms with Gasteiger partial charge in [0.15, 0.2) is 0 Å². The second kappa shape index (κ2) is 5.69. The highest BCUT2D eigenvalue weighted by Gasteiger charge is 2.02. The van der Waals surface area contributed by atoms with Crippen molar-refractivity contribution in [3.05, 3.63) is 63.8 Å². The fourth-order valence-electron chi connectivity index (χ4n) is 1.59. The summed E-state index contributed by atoms with van der Waals surface area (Å²) in [5.41, 5.74) is 0.305. The van der Waals surface area contributed by atoms with E-state index in [9.17, 15) is 9.18 Å². The van der Waals surface area contributed by atoms with Crippen LogP contribution in [0.3, 0.4) is 0 Å². The van der Waals surface area contributed by atoms with Crippen LogP contribution in [0.25, 0.3) is 0 Å². The van der Waals surface area contributed by atoms with Crippen LogP contribution < -0.4 is 10.9 Å². The number of pyridine rings is 1. The molecule has 1 aromatic heterocycles. The van der Waals surface area contributed by atoms with E-state index in [-0.39, 0.29) is 5.56 Å². The van der Waals surface area contributed by atoms with E-state index in [0.717, 1.165) is 0 Å². The quantitative estimate of drug-likeness (QED) is 0.923. The van der Waals surface area contributed by atoms with E-state index in [2.05, 4.69) is 5.32 Å². The van der Waals surface area contributed by atoms with Gasteiger partial charge in [0.1, 0.15) is 5.82 Å². The van der Waals surface area contributed by atoms with Crippen LogP contribution in [-0.2, 0) is 6.54 Å². The molecule has 1 aromatic carbocycles. The summed E-state index contributed by atoms with van der Waals surface area (Å²) >= 11 is 5.65. The van der Waals surface area contributed by atoms with Gasteiger partial charge < -0.3 is 9.88 Å². The van der Waals surface area contributed by atoms with Gasteiger partial charge in [0, 0.05) is 30.4 Å². The molecule has 1 N–H and O–H groups in total. The summed E-state index contributed by atoms with van der Waals surface area (Å²) in [7, 11) is 0. The average Bonchev–Trinajstić information content (AvgIpc) is 2.34. The first-order valence-corrected chi connectivity index (χ1v) is 5.89. The number of rotatable bonds is 4. The summed E-state index contributed by atoms with van der Waals surface area (Å²) in [5, 5.41) is 3.28. The molecule has 0 unspecified atom stereocenters. The van der Waals surface area contributed by atoms with Crippen LogP contribution in [0.1, 0.15) is 0 Å². The van der Waals surface area contributed by atoms with Crippen molar-refractivity contribution in [3.8, 4) is 0 Å². The second-order valence-electron chi connectivity index (χ2n) is 3.78. The van der Waals surface area contributed by atoms with Crippen molar-refractivity contribution >= 4 is 17.3 Å². The summed E-state index contributed by atoms with van der Waals surface area (Å²) in [6.45, 7) is 0.935. The number of anilines is 1. The molecule has 0 aliphatic carbocycles. The van der Waals surface area contributed by atoms with E-state index in [1.54, 1.807) is 35.0 Å². The molecule has 5 heteroatoms. The molecule has 0 aliphatic heterocycles. The zero-order valence-electron chi connectivity index (χ0n) is 9.57. The second-order valence-corrected chi connectivity index (χ2v) is 4.22. The van der Waals surface area contributed by atoms with Gasteiger partial charge in [-0.15, -0.1) is 0 Å². The minimum absolute atomic E-state index is 0.0733. The molecule has 0 fully saturated rings. The van der Waals surface area contributed by atoms with Crippen molar-refractivity contribution in [1.29, 1.82) is 0 Å². The monoisotopic (exact) mass is 266 g/mol. The summed E-state index contributed by atoms with van der Waals surface area (Å²) in [6.07, 6.45) is 1.70. The molecular weight excluding hydrogens is 255 g/mol. The van der Waals surface area contributed by atoms with E-state index in [1.807, 2.05) is 0 Å². The van der Waals surface area contributed by atoms with Gasteiger partial charge >= 0.3 is 0 Å². The molecule has 0 aliphatic rings. The minimum atomic E-state index is -0.400. The van der Waals surface area contributed by atoms with Crippen molar-refractivity contribution in [2.45, 2.75) is 6.54 Å². The summed E-state index contributed by atoms with van der Waals surface area (Å²) in [5.74, 6) is -0.400. The van der Waals surface area contributed by atoms with E-state index in [4.69, 9.17) is 11.6 Å².